The molecule has 0 aliphatic rings. The minimum absolute atomic E-state index is 0.476. The minimum atomic E-state index is 0.476. The van der Waals surface area contributed by atoms with E-state index >= 15 is 0 Å². The van der Waals surface area contributed by atoms with Crippen molar-refractivity contribution in [2.45, 2.75) is 0 Å². The van der Waals surface area contributed by atoms with E-state index in [1.54, 1.807) is 0 Å². The highest BCUT2D eigenvalue weighted by atomic mass is 16.4. The van der Waals surface area contributed by atoms with E-state index < -0.39 is 0 Å². The quantitative estimate of drug-likeness (QED) is 0.178. The van der Waals surface area contributed by atoms with Gasteiger partial charge in [-0.1, -0.05) is 109 Å². The van der Waals surface area contributed by atoms with Crippen LogP contribution in [-0.4, -0.2) is 19.3 Å². The van der Waals surface area contributed by atoms with E-state index in [1.807, 2.05) is 48.5 Å². The molecule has 56 heavy (non-hydrogen) atoms. The van der Waals surface area contributed by atoms with Crippen molar-refractivity contribution in [3.05, 3.63) is 182 Å². The third-order valence-corrected chi connectivity index (χ3v) is 11.1. The van der Waals surface area contributed by atoms with Crippen molar-refractivity contribution in [2.75, 3.05) is 0 Å². The van der Waals surface area contributed by atoms with E-state index in [-0.39, 0.29) is 0 Å². The van der Waals surface area contributed by atoms with Crippen molar-refractivity contribution in [3.8, 4) is 45.4 Å². The minimum Gasteiger partial charge on any atom is -0.456 e. The van der Waals surface area contributed by atoms with E-state index in [0.717, 1.165) is 77.6 Å². The molecule has 0 N–H and O–H groups in total. The summed E-state index contributed by atoms with van der Waals surface area (Å²) < 4.78 is 17.5. The Morgan fingerprint density at radius 3 is 1.66 bits per heavy atom. The first-order chi connectivity index (χ1) is 27.8. The van der Waals surface area contributed by atoms with Crippen LogP contribution in [0, 0.1) is 0 Å². The van der Waals surface area contributed by atoms with Crippen LogP contribution in [-0.2, 0) is 0 Å². The van der Waals surface area contributed by atoms with Crippen LogP contribution in [0.25, 0.3) is 111 Å². The Bertz CT molecular complexity index is 3440. The van der Waals surface area contributed by atoms with Gasteiger partial charge in [0, 0.05) is 60.8 Å². The Balaban J connectivity index is 1.11. The number of nitrogens with zero attached hydrogens (tertiary/aromatic N) is 4. The highest BCUT2D eigenvalue weighted by Crippen LogP contribution is 2.43. The maximum absolute atomic E-state index is 6.53. The first-order valence-corrected chi connectivity index (χ1v) is 18.7. The molecule has 0 saturated heterocycles. The Morgan fingerprint density at radius 2 is 0.929 bits per heavy atom. The summed E-state index contributed by atoms with van der Waals surface area (Å²) in [6, 6.07) is 63.8. The second-order valence-corrected chi connectivity index (χ2v) is 14.2. The Labute approximate surface area is 320 Å². The van der Waals surface area contributed by atoms with E-state index in [1.165, 1.54) is 21.5 Å². The van der Waals surface area contributed by atoms with Crippen LogP contribution in [0.3, 0.4) is 0 Å². The molecule has 6 nitrogen and oxygen atoms in total. The first kappa shape index (κ1) is 30.7. The number of furan rings is 1. The van der Waals surface area contributed by atoms with Crippen molar-refractivity contribution in [2.24, 2.45) is 0 Å². The predicted molar refractivity (Wildman–Crippen MR) is 227 cm³/mol. The third kappa shape index (κ3) is 4.56. The summed E-state index contributed by atoms with van der Waals surface area (Å²) in [7, 11) is 0. The molecule has 0 unspecified atom stereocenters. The van der Waals surface area contributed by atoms with Gasteiger partial charge < -0.3 is 18.0 Å². The zero-order valence-electron chi connectivity index (χ0n) is 29.9. The molecule has 0 fully saturated rings. The van der Waals surface area contributed by atoms with Gasteiger partial charge in [0.25, 0.3) is 0 Å². The Kier molecular flexibility index (Phi) is 6.53. The van der Waals surface area contributed by atoms with E-state index in [4.69, 9.17) is 8.83 Å². The van der Waals surface area contributed by atoms with Gasteiger partial charge in [0.15, 0.2) is 0 Å². The molecule has 262 valence electrons. The molecule has 0 spiro atoms. The second-order valence-electron chi connectivity index (χ2n) is 14.2. The molecule has 0 saturated carbocycles. The van der Waals surface area contributed by atoms with Gasteiger partial charge >= 0.3 is 0 Å². The molecule has 0 radical (unpaired) electrons. The highest BCUT2D eigenvalue weighted by molar-refractivity contribution is 6.14. The van der Waals surface area contributed by atoms with Gasteiger partial charge in [-0.3, -0.25) is 0 Å². The van der Waals surface area contributed by atoms with Gasteiger partial charge in [-0.15, -0.1) is 10.2 Å². The average molecular weight is 719 g/mol. The maximum Gasteiger partial charge on any atom is 0.248 e. The molecule has 12 aromatic rings. The van der Waals surface area contributed by atoms with Gasteiger partial charge in [-0.05, 0) is 72.3 Å². The number of aromatic nitrogens is 4. The molecule has 0 atom stereocenters. The van der Waals surface area contributed by atoms with Crippen LogP contribution >= 0.6 is 0 Å². The van der Waals surface area contributed by atoms with Crippen LogP contribution in [0.2, 0.25) is 0 Å². The standard InChI is InChI=1S/C50H30N4O2/c1-2-13-31(14-3-1)49-51-52-50(56-49)33-15-12-16-34(27-33)53-42-21-8-4-19-37(42)38-26-25-32(28-45(38)53)40-29-41-39-20-7-11-24-47(39)55-48(41)30-46(40)54-43-22-9-5-17-35(43)36-18-6-10-23-44(36)54/h1-30H. The van der Waals surface area contributed by atoms with Crippen LogP contribution in [0.5, 0.6) is 0 Å². The predicted octanol–water partition coefficient (Wildman–Crippen LogP) is 13.2. The van der Waals surface area contributed by atoms with Gasteiger partial charge in [0.05, 0.1) is 27.8 Å². The van der Waals surface area contributed by atoms with E-state index in [9.17, 15) is 0 Å². The molecular weight excluding hydrogens is 689 g/mol. The van der Waals surface area contributed by atoms with Crippen LogP contribution in [0.4, 0.5) is 0 Å². The van der Waals surface area contributed by atoms with Gasteiger partial charge in [-0.2, -0.15) is 0 Å². The normalized spacial score (nSPS) is 11.9. The van der Waals surface area contributed by atoms with Crippen molar-refractivity contribution < 1.29 is 8.83 Å². The number of fused-ring (bicyclic) bond motifs is 9. The summed E-state index contributed by atoms with van der Waals surface area (Å²) in [6.45, 7) is 0. The van der Waals surface area contributed by atoms with Crippen molar-refractivity contribution >= 4 is 65.6 Å². The summed E-state index contributed by atoms with van der Waals surface area (Å²) >= 11 is 0. The third-order valence-electron chi connectivity index (χ3n) is 11.1. The van der Waals surface area contributed by atoms with Crippen LogP contribution in [0.15, 0.2) is 191 Å². The monoisotopic (exact) mass is 718 g/mol. The first-order valence-electron chi connectivity index (χ1n) is 18.7. The lowest BCUT2D eigenvalue weighted by Crippen LogP contribution is -1.98. The molecule has 0 aliphatic heterocycles. The Morgan fingerprint density at radius 1 is 0.339 bits per heavy atom. The average Bonchev–Trinajstić information content (AvgIpc) is 4.04. The zero-order valence-corrected chi connectivity index (χ0v) is 29.9. The summed E-state index contributed by atoms with van der Waals surface area (Å²) in [6.07, 6.45) is 0. The molecule has 4 heterocycles. The number of rotatable bonds is 5. The summed E-state index contributed by atoms with van der Waals surface area (Å²) in [4.78, 5) is 0. The summed E-state index contributed by atoms with van der Waals surface area (Å²) in [5.41, 5.74) is 12.3. The van der Waals surface area contributed by atoms with E-state index in [2.05, 4.69) is 153 Å². The fourth-order valence-electron chi connectivity index (χ4n) is 8.59. The zero-order chi connectivity index (χ0) is 36.7. The van der Waals surface area contributed by atoms with Gasteiger partial charge in [0.1, 0.15) is 11.2 Å². The van der Waals surface area contributed by atoms with Crippen LogP contribution in [0.1, 0.15) is 0 Å². The van der Waals surface area contributed by atoms with Crippen LogP contribution < -0.4 is 0 Å². The molecule has 0 amide bonds. The molecule has 12 rings (SSSR count). The molecule has 4 aromatic heterocycles. The lowest BCUT2D eigenvalue weighted by Gasteiger charge is -2.15. The second kappa shape index (κ2) is 11.9. The van der Waals surface area contributed by atoms with Crippen molar-refractivity contribution in [1.29, 1.82) is 0 Å². The van der Waals surface area contributed by atoms with Gasteiger partial charge in [-0.25, -0.2) is 0 Å². The maximum atomic E-state index is 6.53. The fourth-order valence-corrected chi connectivity index (χ4v) is 8.59. The number of hydrogen-bond donors (Lipinski definition) is 0. The lowest BCUT2D eigenvalue weighted by molar-refractivity contribution is 0.584. The number of benzene rings is 8. The Hall–Kier alpha value is -7.70. The summed E-state index contributed by atoms with van der Waals surface area (Å²) in [5.74, 6) is 0.970. The van der Waals surface area contributed by atoms with Crippen molar-refractivity contribution in [3.63, 3.8) is 0 Å². The van der Waals surface area contributed by atoms with E-state index in [0.29, 0.717) is 11.8 Å². The molecule has 6 heteroatoms. The highest BCUT2D eigenvalue weighted by Gasteiger charge is 2.21. The molecule has 0 bridgehead atoms. The topological polar surface area (TPSA) is 61.9 Å². The number of para-hydroxylation sites is 4. The molecule has 0 aliphatic carbocycles. The SMILES string of the molecule is c1ccc(-c2nnc(-c3cccc(-n4c5ccccc5c5ccc(-c6cc7c(cc6-n6c8ccccc8c8ccccc86)oc6ccccc67)cc54)c3)o2)cc1. The fraction of sp³-hybridized carbons (Fsp3) is 0. The molecular formula is C50H30N4O2. The summed E-state index contributed by atoms with van der Waals surface area (Å²) in [5, 5.41) is 15.8. The smallest absolute Gasteiger partial charge is 0.248 e. The molecule has 8 aromatic carbocycles. The number of hydrogen-bond acceptors (Lipinski definition) is 4. The van der Waals surface area contributed by atoms with Gasteiger partial charge in [0.2, 0.25) is 11.8 Å². The largest absolute Gasteiger partial charge is 0.456 e. The lowest BCUT2D eigenvalue weighted by atomic mass is 9.98. The van der Waals surface area contributed by atoms with Crippen molar-refractivity contribution in [1.82, 2.24) is 19.3 Å².